The molecule has 1 unspecified atom stereocenters. The minimum atomic E-state index is -0.133. The summed E-state index contributed by atoms with van der Waals surface area (Å²) < 4.78 is 2.00. The molecule has 1 fully saturated rings. The third-order valence-electron chi connectivity index (χ3n) is 4.50. The summed E-state index contributed by atoms with van der Waals surface area (Å²) in [6, 6.07) is 0. The van der Waals surface area contributed by atoms with Crippen LogP contribution in [0.15, 0.2) is 0 Å². The number of hydrogen-bond donors (Lipinski definition) is 2. The lowest BCUT2D eigenvalue weighted by molar-refractivity contribution is 0.153. The van der Waals surface area contributed by atoms with Crippen LogP contribution in [0.5, 0.6) is 0 Å². The van der Waals surface area contributed by atoms with Crippen LogP contribution < -0.4 is 5.32 Å². The lowest BCUT2D eigenvalue weighted by Gasteiger charge is -2.29. The normalized spacial score (nSPS) is 18.6. The van der Waals surface area contributed by atoms with Gasteiger partial charge in [-0.1, -0.05) is 13.8 Å². The Kier molecular flexibility index (Phi) is 4.31. The minimum absolute atomic E-state index is 0.133. The van der Waals surface area contributed by atoms with Crippen LogP contribution in [0.25, 0.3) is 0 Å². The number of aliphatic hydroxyl groups is 1. The van der Waals surface area contributed by atoms with Gasteiger partial charge in [-0.05, 0) is 38.5 Å². The summed E-state index contributed by atoms with van der Waals surface area (Å²) in [4.78, 5) is 0. The number of hydrogen-bond acceptors (Lipinski definition) is 3. The fourth-order valence-corrected chi connectivity index (χ4v) is 2.93. The zero-order valence-corrected chi connectivity index (χ0v) is 12.7. The fraction of sp³-hybridized carbons (Fsp3) is 0.800. The summed E-state index contributed by atoms with van der Waals surface area (Å²) in [6.45, 7) is 7.48. The Labute approximate surface area is 116 Å². The van der Waals surface area contributed by atoms with Crippen molar-refractivity contribution in [1.29, 1.82) is 0 Å². The van der Waals surface area contributed by atoms with Crippen LogP contribution in [0.3, 0.4) is 0 Å². The van der Waals surface area contributed by atoms with E-state index in [1.807, 2.05) is 11.7 Å². The Hall–Kier alpha value is -0.870. The summed E-state index contributed by atoms with van der Waals surface area (Å²) in [5, 5.41) is 17.8. The van der Waals surface area contributed by atoms with Crippen molar-refractivity contribution in [2.45, 2.75) is 58.5 Å². The molecule has 0 radical (unpaired) electrons. The van der Waals surface area contributed by atoms with Crippen molar-refractivity contribution in [2.75, 3.05) is 6.61 Å². The summed E-state index contributed by atoms with van der Waals surface area (Å²) in [5.41, 5.74) is 3.68. The third-order valence-corrected chi connectivity index (χ3v) is 4.50. The molecule has 1 aromatic rings. The Morgan fingerprint density at radius 2 is 2.05 bits per heavy atom. The number of aliphatic hydroxyl groups excluding tert-OH is 1. The van der Waals surface area contributed by atoms with E-state index in [1.54, 1.807) is 0 Å². The molecule has 1 heterocycles. The SMILES string of the molecule is CCc1nn(C)c(CC)c1CNC(C)(CO)C1CC1. The van der Waals surface area contributed by atoms with E-state index < -0.39 is 0 Å². The van der Waals surface area contributed by atoms with E-state index in [0.717, 1.165) is 19.4 Å². The Balaban J connectivity index is 2.14. The van der Waals surface area contributed by atoms with Gasteiger partial charge in [-0.25, -0.2) is 0 Å². The predicted octanol–water partition coefficient (Wildman–Crippen LogP) is 1.80. The second-order valence-electron chi connectivity index (χ2n) is 5.91. The largest absolute Gasteiger partial charge is 0.394 e. The molecule has 0 aromatic carbocycles. The van der Waals surface area contributed by atoms with Gasteiger partial charge in [0.05, 0.1) is 12.3 Å². The molecule has 0 spiro atoms. The first-order valence-corrected chi connectivity index (χ1v) is 7.45. The van der Waals surface area contributed by atoms with Gasteiger partial charge < -0.3 is 10.4 Å². The summed E-state index contributed by atoms with van der Waals surface area (Å²) in [5.74, 6) is 0.629. The zero-order chi connectivity index (χ0) is 14.0. The maximum atomic E-state index is 9.65. The van der Waals surface area contributed by atoms with E-state index in [4.69, 9.17) is 0 Å². The van der Waals surface area contributed by atoms with E-state index in [2.05, 4.69) is 31.2 Å². The molecule has 1 aromatic heterocycles. The molecule has 0 saturated heterocycles. The lowest BCUT2D eigenvalue weighted by Crippen LogP contribution is -2.47. The molecule has 0 amide bonds. The molecule has 19 heavy (non-hydrogen) atoms. The number of nitrogens with one attached hydrogen (secondary N) is 1. The molecule has 4 nitrogen and oxygen atoms in total. The van der Waals surface area contributed by atoms with Crippen LogP contribution in [0.1, 0.15) is 50.6 Å². The van der Waals surface area contributed by atoms with Crippen LogP contribution >= 0.6 is 0 Å². The van der Waals surface area contributed by atoms with E-state index in [0.29, 0.717) is 5.92 Å². The van der Waals surface area contributed by atoms with Gasteiger partial charge in [-0.2, -0.15) is 5.10 Å². The van der Waals surface area contributed by atoms with Crippen molar-refractivity contribution in [1.82, 2.24) is 15.1 Å². The number of nitrogens with zero attached hydrogens (tertiary/aromatic N) is 2. The van der Waals surface area contributed by atoms with E-state index in [9.17, 15) is 5.11 Å². The molecule has 2 rings (SSSR count). The molecule has 0 bridgehead atoms. The van der Waals surface area contributed by atoms with Gasteiger partial charge in [0, 0.05) is 30.4 Å². The molecular weight excluding hydrogens is 238 g/mol. The molecule has 1 saturated carbocycles. The first-order chi connectivity index (χ1) is 9.05. The van der Waals surface area contributed by atoms with Crippen LogP contribution in [0, 0.1) is 5.92 Å². The standard InChI is InChI=1S/C15H27N3O/c1-5-13-12(14(6-2)18(4)17-13)9-16-15(3,10-19)11-7-8-11/h11,16,19H,5-10H2,1-4H3. The second kappa shape index (κ2) is 5.63. The number of aromatic nitrogens is 2. The van der Waals surface area contributed by atoms with Crippen LogP contribution in [0.4, 0.5) is 0 Å². The van der Waals surface area contributed by atoms with Gasteiger partial charge in [0.2, 0.25) is 0 Å². The topological polar surface area (TPSA) is 50.1 Å². The van der Waals surface area contributed by atoms with E-state index >= 15 is 0 Å². The quantitative estimate of drug-likeness (QED) is 0.790. The van der Waals surface area contributed by atoms with Gasteiger partial charge in [0.1, 0.15) is 0 Å². The van der Waals surface area contributed by atoms with Crippen molar-refractivity contribution in [3.8, 4) is 0 Å². The Morgan fingerprint density at radius 1 is 1.37 bits per heavy atom. The van der Waals surface area contributed by atoms with Crippen molar-refractivity contribution in [3.05, 3.63) is 17.0 Å². The Bertz CT molecular complexity index is 437. The third kappa shape index (κ3) is 2.84. The molecule has 1 aliphatic rings. The van der Waals surface area contributed by atoms with Crippen molar-refractivity contribution < 1.29 is 5.11 Å². The van der Waals surface area contributed by atoms with Crippen molar-refractivity contribution in [3.63, 3.8) is 0 Å². The van der Waals surface area contributed by atoms with E-state index in [-0.39, 0.29) is 12.1 Å². The van der Waals surface area contributed by atoms with Gasteiger partial charge in [0.25, 0.3) is 0 Å². The zero-order valence-electron chi connectivity index (χ0n) is 12.7. The highest BCUT2D eigenvalue weighted by atomic mass is 16.3. The van der Waals surface area contributed by atoms with Gasteiger partial charge in [0.15, 0.2) is 0 Å². The fourth-order valence-electron chi connectivity index (χ4n) is 2.93. The number of rotatable bonds is 7. The minimum Gasteiger partial charge on any atom is -0.394 e. The summed E-state index contributed by atoms with van der Waals surface area (Å²) >= 11 is 0. The smallest absolute Gasteiger partial charge is 0.0669 e. The monoisotopic (exact) mass is 265 g/mol. The van der Waals surface area contributed by atoms with Gasteiger partial charge >= 0.3 is 0 Å². The maximum Gasteiger partial charge on any atom is 0.0669 e. The molecule has 1 atom stereocenters. The average molecular weight is 265 g/mol. The first kappa shape index (κ1) is 14.5. The van der Waals surface area contributed by atoms with Crippen molar-refractivity contribution >= 4 is 0 Å². The second-order valence-corrected chi connectivity index (χ2v) is 5.91. The summed E-state index contributed by atoms with van der Waals surface area (Å²) in [6.07, 6.45) is 4.43. The molecular formula is C15H27N3O. The van der Waals surface area contributed by atoms with Crippen LogP contribution in [-0.4, -0.2) is 27.0 Å². The molecule has 0 aliphatic heterocycles. The highest BCUT2D eigenvalue weighted by Gasteiger charge is 2.40. The molecule has 1 aliphatic carbocycles. The lowest BCUT2D eigenvalue weighted by atomic mass is 9.96. The number of aryl methyl sites for hydroxylation is 2. The first-order valence-electron chi connectivity index (χ1n) is 7.45. The highest BCUT2D eigenvalue weighted by Crippen LogP contribution is 2.39. The average Bonchev–Trinajstić information content (AvgIpc) is 3.21. The predicted molar refractivity (Wildman–Crippen MR) is 77.0 cm³/mol. The highest BCUT2D eigenvalue weighted by molar-refractivity contribution is 5.27. The molecule has 2 N–H and O–H groups in total. The van der Waals surface area contributed by atoms with Gasteiger partial charge in [-0.3, -0.25) is 4.68 Å². The molecule has 108 valence electrons. The van der Waals surface area contributed by atoms with Crippen LogP contribution in [0.2, 0.25) is 0 Å². The van der Waals surface area contributed by atoms with Crippen LogP contribution in [-0.2, 0) is 26.4 Å². The van der Waals surface area contributed by atoms with Gasteiger partial charge in [-0.15, -0.1) is 0 Å². The van der Waals surface area contributed by atoms with E-state index in [1.165, 1.54) is 29.8 Å². The maximum absolute atomic E-state index is 9.65. The summed E-state index contributed by atoms with van der Waals surface area (Å²) in [7, 11) is 2.02. The Morgan fingerprint density at radius 3 is 2.53 bits per heavy atom. The molecule has 4 heteroatoms. The van der Waals surface area contributed by atoms with Crippen molar-refractivity contribution in [2.24, 2.45) is 13.0 Å².